The molecule has 2 atom stereocenters. The lowest BCUT2D eigenvalue weighted by atomic mass is 10.1. The number of carbonyl (C=O) groups is 2. The molecule has 2 amide bonds. The largest absolute Gasteiger partial charge is 0.493 e. The minimum atomic E-state index is -2.05. The molecule has 2 aromatic rings. The number of benzene rings is 2. The third-order valence-electron chi connectivity index (χ3n) is 10.4. The topological polar surface area (TPSA) is 164 Å². The van der Waals surface area contributed by atoms with Crippen molar-refractivity contribution in [2.75, 3.05) is 40.0 Å². The quantitative estimate of drug-likeness (QED) is 0.0786. The van der Waals surface area contributed by atoms with E-state index in [-0.39, 0.29) is 70.1 Å². The molecule has 0 radical (unpaired) electrons. The second-order valence-corrected chi connectivity index (χ2v) is 19.6. The van der Waals surface area contributed by atoms with Crippen LogP contribution in [0.1, 0.15) is 92.5 Å². The summed E-state index contributed by atoms with van der Waals surface area (Å²) in [5, 5.41) is 24.2. The number of hydrogen-bond acceptors (Lipinski definition) is 10. The van der Waals surface area contributed by atoms with Crippen LogP contribution in [0.15, 0.2) is 24.3 Å². The van der Waals surface area contributed by atoms with Crippen LogP contribution in [0.3, 0.4) is 0 Å². The maximum Gasteiger partial charge on any atom is 0.286 e. The van der Waals surface area contributed by atoms with Crippen molar-refractivity contribution in [3.63, 3.8) is 0 Å². The molecular weight excluding hydrogens is 676 g/mol. The third-order valence-corrected chi connectivity index (χ3v) is 14.9. The van der Waals surface area contributed by atoms with Gasteiger partial charge in [0.15, 0.2) is 19.8 Å². The van der Waals surface area contributed by atoms with Gasteiger partial charge in [0, 0.05) is 31.6 Å². The van der Waals surface area contributed by atoms with Gasteiger partial charge in [0.2, 0.25) is 0 Å². The van der Waals surface area contributed by atoms with E-state index < -0.39 is 30.0 Å². The Balaban J connectivity index is 1.41. The van der Waals surface area contributed by atoms with Crippen molar-refractivity contribution in [1.82, 2.24) is 9.80 Å². The number of nitro benzene ring substituents is 2. The molecule has 4 rings (SSSR count). The first-order valence-corrected chi connectivity index (χ1v) is 20.6. The second kappa shape index (κ2) is 16.4. The lowest BCUT2D eigenvalue weighted by Gasteiger charge is -2.38. The van der Waals surface area contributed by atoms with E-state index in [2.05, 4.69) is 33.9 Å². The number of nitro groups is 2. The molecule has 0 aliphatic carbocycles. The number of methoxy groups -OCH3 is 1. The summed E-state index contributed by atoms with van der Waals surface area (Å²) in [5.41, 5.74) is -0.169. The lowest BCUT2D eigenvalue weighted by Crippen LogP contribution is -2.46. The Hall–Kier alpha value is -4.24. The van der Waals surface area contributed by atoms with Crippen molar-refractivity contribution >= 4 is 31.5 Å². The van der Waals surface area contributed by atoms with Gasteiger partial charge in [-0.25, -0.2) is 0 Å². The van der Waals surface area contributed by atoms with E-state index in [1.807, 2.05) is 6.92 Å². The van der Waals surface area contributed by atoms with Crippen molar-refractivity contribution < 1.29 is 38.1 Å². The fraction of sp³-hybridized carbons (Fsp3) is 0.611. The zero-order chi connectivity index (χ0) is 37.7. The Morgan fingerprint density at radius 3 is 1.88 bits per heavy atom. The molecule has 2 saturated heterocycles. The highest BCUT2D eigenvalue weighted by Gasteiger charge is 2.40. The number of hydrogen-bond donors (Lipinski definition) is 0. The molecule has 0 spiro atoms. The van der Waals surface area contributed by atoms with Gasteiger partial charge in [-0.05, 0) is 68.8 Å². The molecular formula is C36H52N4O10Si. The highest BCUT2D eigenvalue weighted by atomic mass is 28.4. The summed E-state index contributed by atoms with van der Waals surface area (Å²) in [6.07, 6.45) is 4.37. The van der Waals surface area contributed by atoms with Crippen LogP contribution in [-0.2, 0) is 4.43 Å². The molecule has 2 heterocycles. The number of aryl methyl sites for hydroxylation is 1. The zero-order valence-electron chi connectivity index (χ0n) is 31.1. The van der Waals surface area contributed by atoms with Crippen LogP contribution in [0.4, 0.5) is 11.4 Å². The summed E-state index contributed by atoms with van der Waals surface area (Å²) >= 11 is 0. The highest BCUT2D eigenvalue weighted by Crippen LogP contribution is 2.39. The summed E-state index contributed by atoms with van der Waals surface area (Å²) in [6, 6.07) is 5.24. The first kappa shape index (κ1) is 39.5. The molecule has 280 valence electrons. The van der Waals surface area contributed by atoms with Crippen LogP contribution < -0.4 is 14.2 Å². The third kappa shape index (κ3) is 8.98. The van der Waals surface area contributed by atoms with Crippen molar-refractivity contribution in [3.8, 4) is 17.2 Å². The molecule has 0 bridgehead atoms. The standard InChI is InChI=1S/C36H52N4O10Si/c1-9-25-13-10-15-37(25)35(42)28-20-32(47-6)33(22-30(28)40(45)46)49-18-12-17-48-31-21-29(39(43)44)27(19-24(31)2)34(41)38-16-11-14-26(38)23-50-51(7,8)36(3,4)5/h19-22,25-26H,9-18,23H2,1-8H3/t25-,26+/m1/s1. The fourth-order valence-electron chi connectivity index (χ4n) is 6.36. The fourth-order valence-corrected chi connectivity index (χ4v) is 7.40. The van der Waals surface area contributed by atoms with E-state index in [1.54, 1.807) is 16.7 Å². The number of ether oxygens (including phenoxy) is 3. The number of likely N-dealkylation sites (tertiary alicyclic amines) is 2. The summed E-state index contributed by atoms with van der Waals surface area (Å²) in [7, 11) is -0.649. The Labute approximate surface area is 300 Å². The van der Waals surface area contributed by atoms with Gasteiger partial charge in [-0.3, -0.25) is 29.8 Å². The van der Waals surface area contributed by atoms with Gasteiger partial charge in [-0.15, -0.1) is 0 Å². The molecule has 51 heavy (non-hydrogen) atoms. The summed E-state index contributed by atoms with van der Waals surface area (Å²) in [5.74, 6) is -0.236. The van der Waals surface area contributed by atoms with E-state index in [0.29, 0.717) is 31.7 Å². The minimum absolute atomic E-state index is 0.0120. The van der Waals surface area contributed by atoms with E-state index in [9.17, 15) is 29.8 Å². The molecule has 0 saturated carbocycles. The van der Waals surface area contributed by atoms with Crippen LogP contribution in [0, 0.1) is 27.2 Å². The maximum atomic E-state index is 13.7. The first-order valence-electron chi connectivity index (χ1n) is 17.7. The molecule has 2 aliphatic heterocycles. The van der Waals surface area contributed by atoms with Crippen molar-refractivity contribution in [3.05, 3.63) is 61.2 Å². The predicted molar refractivity (Wildman–Crippen MR) is 195 cm³/mol. The maximum absolute atomic E-state index is 13.7. The average Bonchev–Trinajstić information content (AvgIpc) is 3.76. The Bertz CT molecular complexity index is 1630. The molecule has 0 unspecified atom stereocenters. The van der Waals surface area contributed by atoms with Crippen LogP contribution in [0.5, 0.6) is 17.2 Å². The Kier molecular flexibility index (Phi) is 12.7. The molecule has 14 nitrogen and oxygen atoms in total. The second-order valence-electron chi connectivity index (χ2n) is 14.8. The van der Waals surface area contributed by atoms with E-state index in [0.717, 1.165) is 32.1 Å². The zero-order valence-corrected chi connectivity index (χ0v) is 32.1. The SMILES string of the molecule is CC[C@@H]1CCCN1C(=O)c1cc(OC)c(OCCCOc2cc([N+](=O)[O-])c(C(=O)N3CCC[C@H]3CO[Si](C)(C)C(C)(C)C)cc2C)cc1[N+](=O)[O-]. The molecule has 2 aliphatic rings. The average molecular weight is 729 g/mol. The van der Waals surface area contributed by atoms with Crippen LogP contribution in [-0.4, -0.2) is 91.9 Å². The number of amides is 2. The van der Waals surface area contributed by atoms with E-state index in [4.69, 9.17) is 18.6 Å². The molecule has 2 fully saturated rings. The van der Waals surface area contributed by atoms with Crippen LogP contribution >= 0.6 is 0 Å². The smallest absolute Gasteiger partial charge is 0.286 e. The van der Waals surface area contributed by atoms with Gasteiger partial charge in [-0.2, -0.15) is 0 Å². The van der Waals surface area contributed by atoms with Crippen molar-refractivity contribution in [2.45, 2.75) is 103 Å². The lowest BCUT2D eigenvalue weighted by molar-refractivity contribution is -0.385. The Morgan fingerprint density at radius 1 is 0.843 bits per heavy atom. The van der Waals surface area contributed by atoms with Gasteiger partial charge in [0.05, 0.1) is 55.0 Å². The summed E-state index contributed by atoms with van der Waals surface area (Å²) in [4.78, 5) is 53.4. The predicted octanol–water partition coefficient (Wildman–Crippen LogP) is 7.31. The van der Waals surface area contributed by atoms with Gasteiger partial charge >= 0.3 is 0 Å². The molecule has 15 heteroatoms. The van der Waals surface area contributed by atoms with Gasteiger partial charge in [0.25, 0.3) is 23.2 Å². The number of nitrogens with zero attached hydrogens (tertiary/aromatic N) is 4. The number of carbonyl (C=O) groups excluding carboxylic acids is 2. The van der Waals surface area contributed by atoms with Crippen molar-refractivity contribution in [2.24, 2.45) is 0 Å². The minimum Gasteiger partial charge on any atom is -0.493 e. The summed E-state index contributed by atoms with van der Waals surface area (Å²) in [6.45, 7) is 16.1. The summed E-state index contributed by atoms with van der Waals surface area (Å²) < 4.78 is 23.6. The van der Waals surface area contributed by atoms with E-state index >= 15 is 0 Å². The monoisotopic (exact) mass is 728 g/mol. The van der Waals surface area contributed by atoms with Gasteiger partial charge < -0.3 is 28.4 Å². The van der Waals surface area contributed by atoms with E-state index in [1.165, 1.54) is 31.4 Å². The van der Waals surface area contributed by atoms with Gasteiger partial charge in [0.1, 0.15) is 16.9 Å². The molecule has 0 aromatic heterocycles. The van der Waals surface area contributed by atoms with Crippen molar-refractivity contribution in [1.29, 1.82) is 0 Å². The van der Waals surface area contributed by atoms with Crippen LogP contribution in [0.25, 0.3) is 0 Å². The molecule has 0 N–H and O–H groups in total. The highest BCUT2D eigenvalue weighted by molar-refractivity contribution is 6.74. The Morgan fingerprint density at radius 2 is 1.35 bits per heavy atom. The molecule has 2 aromatic carbocycles. The van der Waals surface area contributed by atoms with Gasteiger partial charge in [-0.1, -0.05) is 27.7 Å². The van der Waals surface area contributed by atoms with Crippen LogP contribution in [0.2, 0.25) is 18.1 Å². The number of rotatable bonds is 15. The normalized spacial score (nSPS) is 17.8. The first-order chi connectivity index (χ1) is 24.0.